The summed E-state index contributed by atoms with van der Waals surface area (Å²) in [6.45, 7) is 7.43. The minimum absolute atomic E-state index is 0.0299. The van der Waals surface area contributed by atoms with Crippen molar-refractivity contribution in [2.45, 2.75) is 33.2 Å². The van der Waals surface area contributed by atoms with Crippen molar-refractivity contribution in [1.29, 1.82) is 0 Å². The van der Waals surface area contributed by atoms with Gasteiger partial charge in [-0.2, -0.15) is 0 Å². The monoisotopic (exact) mass is 495 g/mol. The van der Waals surface area contributed by atoms with Gasteiger partial charge in [-0.25, -0.2) is 0 Å². The molecule has 1 aliphatic rings. The Morgan fingerprint density at radius 3 is 2.39 bits per heavy atom. The van der Waals surface area contributed by atoms with E-state index >= 15 is 0 Å². The van der Waals surface area contributed by atoms with Crippen molar-refractivity contribution in [2.24, 2.45) is 5.92 Å². The van der Waals surface area contributed by atoms with Crippen molar-refractivity contribution < 1.29 is 24.4 Å². The first-order chi connectivity index (χ1) is 17.0. The number of nitro groups is 1. The average Bonchev–Trinajstić information content (AvgIpc) is 3.07. The fraction of sp³-hybridized carbons (Fsp3) is 0.407. The maximum atomic E-state index is 13.2. The highest BCUT2D eigenvalue weighted by Crippen LogP contribution is 2.40. The second-order valence-electron chi connectivity index (χ2n) is 9.68. The standard InChI is InChI=1S/C27H33N3O6/c1-17(2)16-36-21-11-12-22(18(3)15-21)25(31)23-24(19-7-9-20(10-8-19)30(34)35)29(27(33)26(23)32)14-6-13-28(4)5/h7-12,15,17,24,31H,6,13-14,16H2,1-5H3/b25-23+/t24-/m0/s1. The van der Waals surface area contributed by atoms with E-state index in [-0.39, 0.29) is 17.0 Å². The van der Waals surface area contributed by atoms with Gasteiger partial charge in [-0.3, -0.25) is 19.7 Å². The number of Topliss-reactive ketones (excluding diaryl/α,β-unsaturated/α-hetero) is 1. The Hall–Kier alpha value is -3.72. The molecule has 1 saturated heterocycles. The lowest BCUT2D eigenvalue weighted by molar-refractivity contribution is -0.384. The van der Waals surface area contributed by atoms with Crippen LogP contribution in [-0.2, 0) is 9.59 Å². The molecule has 0 spiro atoms. The van der Waals surface area contributed by atoms with Gasteiger partial charge < -0.3 is 19.6 Å². The van der Waals surface area contributed by atoms with Gasteiger partial charge in [-0.15, -0.1) is 0 Å². The highest BCUT2D eigenvalue weighted by atomic mass is 16.6. The number of hydrogen-bond donors (Lipinski definition) is 1. The van der Waals surface area contributed by atoms with Crippen LogP contribution in [0.3, 0.4) is 0 Å². The summed E-state index contributed by atoms with van der Waals surface area (Å²) in [4.78, 5) is 40.3. The molecule has 0 saturated carbocycles. The average molecular weight is 496 g/mol. The van der Waals surface area contributed by atoms with Gasteiger partial charge in [0.2, 0.25) is 0 Å². The quantitative estimate of drug-likeness (QED) is 0.172. The molecule has 2 aromatic rings. The van der Waals surface area contributed by atoms with Gasteiger partial charge in [0, 0.05) is 24.2 Å². The molecule has 0 aromatic heterocycles. The van der Waals surface area contributed by atoms with Gasteiger partial charge in [-0.05, 0) is 81.4 Å². The van der Waals surface area contributed by atoms with E-state index < -0.39 is 22.7 Å². The van der Waals surface area contributed by atoms with Gasteiger partial charge >= 0.3 is 0 Å². The number of aliphatic hydroxyl groups is 1. The van der Waals surface area contributed by atoms with Crippen molar-refractivity contribution in [3.63, 3.8) is 0 Å². The fourth-order valence-electron chi connectivity index (χ4n) is 4.19. The Morgan fingerprint density at radius 2 is 1.83 bits per heavy atom. The smallest absolute Gasteiger partial charge is 0.295 e. The molecule has 2 aromatic carbocycles. The van der Waals surface area contributed by atoms with E-state index in [0.717, 1.165) is 0 Å². The molecule has 3 rings (SSSR count). The van der Waals surface area contributed by atoms with Crippen LogP contribution in [0.5, 0.6) is 5.75 Å². The van der Waals surface area contributed by atoms with Crippen LogP contribution in [0.4, 0.5) is 5.69 Å². The van der Waals surface area contributed by atoms with Crippen LogP contribution in [0.1, 0.15) is 43.0 Å². The van der Waals surface area contributed by atoms with Crippen LogP contribution >= 0.6 is 0 Å². The Kier molecular flexibility index (Phi) is 8.47. The van der Waals surface area contributed by atoms with E-state index in [1.807, 2.05) is 32.8 Å². The van der Waals surface area contributed by atoms with Crippen molar-refractivity contribution >= 4 is 23.1 Å². The zero-order valence-corrected chi connectivity index (χ0v) is 21.4. The predicted molar refractivity (Wildman–Crippen MR) is 137 cm³/mol. The van der Waals surface area contributed by atoms with Crippen molar-refractivity contribution in [2.75, 3.05) is 33.8 Å². The molecule has 192 valence electrons. The predicted octanol–water partition coefficient (Wildman–Crippen LogP) is 4.31. The number of likely N-dealkylation sites (tertiary alicyclic amines) is 1. The lowest BCUT2D eigenvalue weighted by atomic mass is 9.93. The van der Waals surface area contributed by atoms with Crippen LogP contribution in [0.2, 0.25) is 0 Å². The van der Waals surface area contributed by atoms with E-state index in [9.17, 15) is 24.8 Å². The third-order valence-electron chi connectivity index (χ3n) is 6.00. The molecule has 1 N–H and O–H groups in total. The summed E-state index contributed by atoms with van der Waals surface area (Å²) < 4.78 is 5.76. The Balaban J connectivity index is 2.07. The summed E-state index contributed by atoms with van der Waals surface area (Å²) in [5, 5.41) is 22.5. The van der Waals surface area contributed by atoms with Gasteiger partial charge in [-0.1, -0.05) is 13.8 Å². The number of ether oxygens (including phenoxy) is 1. The lowest BCUT2D eigenvalue weighted by Crippen LogP contribution is -2.32. The van der Waals surface area contributed by atoms with E-state index in [2.05, 4.69) is 0 Å². The molecule has 36 heavy (non-hydrogen) atoms. The molecule has 0 unspecified atom stereocenters. The first kappa shape index (κ1) is 26.9. The van der Waals surface area contributed by atoms with Crippen LogP contribution in [-0.4, -0.2) is 65.3 Å². The molecule has 0 bridgehead atoms. The normalized spacial score (nSPS) is 17.3. The number of hydrogen-bond acceptors (Lipinski definition) is 7. The number of nitrogens with zero attached hydrogens (tertiary/aromatic N) is 3. The minimum Gasteiger partial charge on any atom is -0.507 e. The van der Waals surface area contributed by atoms with Crippen molar-refractivity contribution in [3.05, 3.63) is 74.8 Å². The van der Waals surface area contributed by atoms with Gasteiger partial charge in [0.15, 0.2) is 0 Å². The Morgan fingerprint density at radius 1 is 1.17 bits per heavy atom. The number of amides is 1. The summed E-state index contributed by atoms with van der Waals surface area (Å²) in [7, 11) is 3.83. The summed E-state index contributed by atoms with van der Waals surface area (Å²) in [5.74, 6) is -0.759. The molecular formula is C27H33N3O6. The first-order valence-corrected chi connectivity index (χ1v) is 11.9. The topological polar surface area (TPSA) is 113 Å². The Labute approximate surface area is 211 Å². The van der Waals surface area contributed by atoms with Crippen LogP contribution < -0.4 is 4.74 Å². The molecule has 1 aliphatic heterocycles. The summed E-state index contributed by atoms with van der Waals surface area (Å²) in [6, 6.07) is 10.0. The highest BCUT2D eigenvalue weighted by Gasteiger charge is 2.46. The molecular weight excluding hydrogens is 462 g/mol. The summed E-state index contributed by atoms with van der Waals surface area (Å²) in [5.41, 5.74) is 1.50. The van der Waals surface area contributed by atoms with E-state index in [4.69, 9.17) is 4.74 Å². The number of aryl methyl sites for hydroxylation is 1. The lowest BCUT2D eigenvalue weighted by Gasteiger charge is -2.26. The summed E-state index contributed by atoms with van der Waals surface area (Å²) in [6.07, 6.45) is 0.616. The highest BCUT2D eigenvalue weighted by molar-refractivity contribution is 6.46. The fourth-order valence-corrected chi connectivity index (χ4v) is 4.19. The zero-order chi connectivity index (χ0) is 26.6. The van der Waals surface area contributed by atoms with Crippen LogP contribution in [0.25, 0.3) is 5.76 Å². The second-order valence-corrected chi connectivity index (χ2v) is 9.68. The number of nitro benzene ring substituents is 1. The molecule has 9 nitrogen and oxygen atoms in total. The minimum atomic E-state index is -0.857. The molecule has 0 aliphatic carbocycles. The molecule has 0 radical (unpaired) electrons. The largest absolute Gasteiger partial charge is 0.507 e. The molecule has 1 fully saturated rings. The van der Waals surface area contributed by atoms with E-state index in [1.54, 1.807) is 25.1 Å². The molecule has 1 atom stereocenters. The zero-order valence-electron chi connectivity index (χ0n) is 21.4. The van der Waals surface area contributed by atoms with Gasteiger partial charge in [0.05, 0.1) is 23.1 Å². The number of carbonyl (C=O) groups is 2. The van der Waals surface area contributed by atoms with Crippen LogP contribution in [0, 0.1) is 23.0 Å². The van der Waals surface area contributed by atoms with Crippen molar-refractivity contribution in [3.8, 4) is 5.75 Å². The Bertz CT molecular complexity index is 1170. The number of non-ortho nitro benzene ring substituents is 1. The third-order valence-corrected chi connectivity index (χ3v) is 6.00. The molecule has 1 heterocycles. The van der Waals surface area contributed by atoms with E-state index in [0.29, 0.717) is 54.5 Å². The number of benzene rings is 2. The van der Waals surface area contributed by atoms with Gasteiger partial charge in [0.25, 0.3) is 17.4 Å². The number of rotatable bonds is 10. The SMILES string of the molecule is Cc1cc(OCC(C)C)ccc1/C(O)=C1\C(=O)C(=O)N(CCCN(C)C)[C@H]1c1ccc([N+](=O)[O-])cc1. The molecule has 9 heteroatoms. The second kappa shape index (κ2) is 11.3. The summed E-state index contributed by atoms with van der Waals surface area (Å²) >= 11 is 0. The van der Waals surface area contributed by atoms with Crippen molar-refractivity contribution in [1.82, 2.24) is 9.80 Å². The number of ketones is 1. The maximum absolute atomic E-state index is 13.2. The first-order valence-electron chi connectivity index (χ1n) is 11.9. The number of aliphatic hydroxyl groups excluding tert-OH is 1. The molecule has 1 amide bonds. The van der Waals surface area contributed by atoms with E-state index in [1.165, 1.54) is 29.2 Å². The van der Waals surface area contributed by atoms with Gasteiger partial charge in [0.1, 0.15) is 11.5 Å². The van der Waals surface area contributed by atoms with Crippen LogP contribution in [0.15, 0.2) is 48.0 Å². The maximum Gasteiger partial charge on any atom is 0.295 e. The third kappa shape index (κ3) is 5.91. The number of carbonyl (C=O) groups excluding carboxylic acids is 2.